The fourth-order valence-electron chi connectivity index (χ4n) is 5.03. The van der Waals surface area contributed by atoms with Crippen LogP contribution in [0.1, 0.15) is 56.2 Å². The Bertz CT molecular complexity index is 1390. The highest BCUT2D eigenvalue weighted by Crippen LogP contribution is 2.44. The molecule has 9 nitrogen and oxygen atoms in total. The summed E-state index contributed by atoms with van der Waals surface area (Å²) in [6.45, 7) is 5.22. The summed E-state index contributed by atoms with van der Waals surface area (Å²) in [5, 5.41) is 14.8. The van der Waals surface area contributed by atoms with Gasteiger partial charge in [0.25, 0.3) is 0 Å². The van der Waals surface area contributed by atoms with E-state index in [2.05, 4.69) is 10.6 Å². The van der Waals surface area contributed by atoms with Crippen molar-refractivity contribution in [1.82, 2.24) is 10.6 Å². The summed E-state index contributed by atoms with van der Waals surface area (Å²) in [5.41, 5.74) is 4.23. The first-order valence-corrected chi connectivity index (χ1v) is 13.9. The number of carboxylic acid groups (broad SMARTS) is 1. The Kier molecular flexibility index (Phi) is 9.62. The number of carboxylic acids is 1. The Morgan fingerprint density at radius 2 is 1.38 bits per heavy atom. The van der Waals surface area contributed by atoms with E-state index in [0.717, 1.165) is 27.8 Å². The van der Waals surface area contributed by atoms with E-state index in [1.807, 2.05) is 54.6 Å². The van der Waals surface area contributed by atoms with Gasteiger partial charge in [-0.05, 0) is 55.0 Å². The van der Waals surface area contributed by atoms with Gasteiger partial charge in [0.1, 0.15) is 24.3 Å². The molecule has 0 bridgehead atoms. The molecule has 3 aromatic rings. The first-order valence-electron chi connectivity index (χ1n) is 13.9. The Balaban J connectivity index is 1.44. The zero-order valence-electron chi connectivity index (χ0n) is 24.0. The second kappa shape index (κ2) is 13.3. The fraction of sp³-hybridized carbons (Fsp3) is 0.333. The number of ether oxygens (including phenoxy) is 2. The average Bonchev–Trinajstić information content (AvgIpc) is 3.27. The number of esters is 1. The smallest absolute Gasteiger partial charge is 0.407 e. The van der Waals surface area contributed by atoms with E-state index in [1.165, 1.54) is 0 Å². The summed E-state index contributed by atoms with van der Waals surface area (Å²) in [6, 6.07) is 22.2. The van der Waals surface area contributed by atoms with Crippen LogP contribution >= 0.6 is 0 Å². The molecule has 0 aromatic heterocycles. The molecule has 220 valence electrons. The fourth-order valence-corrected chi connectivity index (χ4v) is 5.03. The monoisotopic (exact) mass is 572 g/mol. The topological polar surface area (TPSA) is 131 Å². The van der Waals surface area contributed by atoms with E-state index >= 15 is 0 Å². The minimum atomic E-state index is -1.24. The van der Waals surface area contributed by atoms with Crippen LogP contribution in [0.25, 0.3) is 11.1 Å². The molecule has 0 spiro atoms. The van der Waals surface area contributed by atoms with Crippen molar-refractivity contribution in [1.29, 1.82) is 0 Å². The van der Waals surface area contributed by atoms with Gasteiger partial charge < -0.3 is 25.2 Å². The molecule has 2 amide bonds. The van der Waals surface area contributed by atoms with E-state index in [9.17, 15) is 24.3 Å². The maximum atomic E-state index is 13.3. The second-order valence-corrected chi connectivity index (χ2v) is 11.2. The lowest BCUT2D eigenvalue weighted by molar-refractivity contribution is -0.155. The van der Waals surface area contributed by atoms with Crippen molar-refractivity contribution in [3.8, 4) is 11.1 Å². The van der Waals surface area contributed by atoms with E-state index in [0.29, 0.717) is 0 Å². The normalized spacial score (nSPS) is 13.7. The zero-order chi connectivity index (χ0) is 30.3. The summed E-state index contributed by atoms with van der Waals surface area (Å²) in [4.78, 5) is 50.6. The molecule has 9 heteroatoms. The standard InChI is InChI=1S/C33H36N2O7/c1-33(2,3)42-29(36)18-17-27(30(37)34-28(31(38)39)19-21-11-5-4-6-12-21)35-32(40)41-20-26-24-15-9-7-13-22(24)23-14-8-10-16-25(23)26/h4-16,26-28H,17-20H2,1-3H3,(H,34,37)(H,35,40)(H,38,39)/t27-,28-/m0/s1. The third kappa shape index (κ3) is 7.96. The molecule has 0 saturated heterocycles. The molecule has 0 unspecified atom stereocenters. The molecule has 4 rings (SSSR count). The van der Waals surface area contributed by atoms with Gasteiger partial charge in [-0.3, -0.25) is 9.59 Å². The molecule has 1 aliphatic carbocycles. The molecular formula is C33H36N2O7. The van der Waals surface area contributed by atoms with Crippen molar-refractivity contribution >= 4 is 23.9 Å². The minimum absolute atomic E-state index is 0.0338. The van der Waals surface area contributed by atoms with Gasteiger partial charge in [0, 0.05) is 18.8 Å². The molecule has 42 heavy (non-hydrogen) atoms. The first kappa shape index (κ1) is 30.3. The molecule has 0 fully saturated rings. The van der Waals surface area contributed by atoms with Crippen LogP contribution in [0.5, 0.6) is 0 Å². The third-order valence-electron chi connectivity index (χ3n) is 6.91. The highest BCUT2D eigenvalue weighted by molar-refractivity contribution is 5.90. The summed E-state index contributed by atoms with van der Waals surface area (Å²) in [6.07, 6.45) is -1.08. The van der Waals surface area contributed by atoms with Gasteiger partial charge in [-0.1, -0.05) is 78.9 Å². The highest BCUT2D eigenvalue weighted by atomic mass is 16.6. The Hall–Kier alpha value is -4.66. The van der Waals surface area contributed by atoms with Crippen LogP contribution < -0.4 is 10.6 Å². The Morgan fingerprint density at radius 1 is 0.810 bits per heavy atom. The summed E-state index contributed by atoms with van der Waals surface area (Å²) >= 11 is 0. The van der Waals surface area contributed by atoms with Crippen LogP contribution in [0, 0.1) is 0 Å². The number of rotatable bonds is 11. The van der Waals surface area contributed by atoms with Crippen LogP contribution in [-0.4, -0.2) is 53.3 Å². The van der Waals surface area contributed by atoms with Crippen LogP contribution in [-0.2, 0) is 30.3 Å². The van der Waals surface area contributed by atoms with E-state index in [-0.39, 0.29) is 31.8 Å². The first-order chi connectivity index (χ1) is 20.0. The average molecular weight is 573 g/mol. The van der Waals surface area contributed by atoms with Crippen LogP contribution in [0.2, 0.25) is 0 Å². The Morgan fingerprint density at radius 3 is 1.95 bits per heavy atom. The zero-order valence-corrected chi connectivity index (χ0v) is 24.0. The van der Waals surface area contributed by atoms with Gasteiger partial charge in [0.15, 0.2) is 0 Å². The lowest BCUT2D eigenvalue weighted by Crippen LogP contribution is -2.52. The lowest BCUT2D eigenvalue weighted by atomic mass is 9.98. The number of carbonyl (C=O) groups is 4. The Labute approximate surface area is 245 Å². The summed E-state index contributed by atoms with van der Waals surface area (Å²) in [7, 11) is 0. The highest BCUT2D eigenvalue weighted by Gasteiger charge is 2.31. The minimum Gasteiger partial charge on any atom is -0.480 e. The number of alkyl carbamates (subject to hydrolysis) is 1. The van der Waals surface area contributed by atoms with Gasteiger partial charge >= 0.3 is 18.0 Å². The quantitative estimate of drug-likeness (QED) is 0.281. The molecular weight excluding hydrogens is 536 g/mol. The second-order valence-electron chi connectivity index (χ2n) is 11.2. The molecule has 0 aliphatic heterocycles. The van der Waals surface area contributed by atoms with Gasteiger partial charge in [-0.25, -0.2) is 9.59 Å². The molecule has 1 aliphatic rings. The van der Waals surface area contributed by atoms with E-state index in [1.54, 1.807) is 45.0 Å². The van der Waals surface area contributed by atoms with E-state index in [4.69, 9.17) is 9.47 Å². The lowest BCUT2D eigenvalue weighted by Gasteiger charge is -2.23. The number of benzene rings is 3. The molecule has 0 saturated carbocycles. The van der Waals surface area contributed by atoms with Gasteiger partial charge in [0.2, 0.25) is 5.91 Å². The van der Waals surface area contributed by atoms with Gasteiger partial charge in [-0.15, -0.1) is 0 Å². The molecule has 2 atom stereocenters. The largest absolute Gasteiger partial charge is 0.480 e. The summed E-state index contributed by atoms with van der Waals surface area (Å²) < 4.78 is 10.9. The van der Waals surface area contributed by atoms with E-state index < -0.39 is 41.6 Å². The number of fused-ring (bicyclic) bond motifs is 3. The number of amides is 2. The van der Waals surface area contributed by atoms with Crippen molar-refractivity contribution in [2.75, 3.05) is 6.61 Å². The molecule has 0 radical (unpaired) electrons. The molecule has 0 heterocycles. The van der Waals surface area contributed by atoms with Crippen LogP contribution in [0.4, 0.5) is 4.79 Å². The summed E-state index contributed by atoms with van der Waals surface area (Å²) in [5.74, 6) is -2.69. The molecule has 3 aromatic carbocycles. The van der Waals surface area contributed by atoms with Crippen LogP contribution in [0.3, 0.4) is 0 Å². The third-order valence-corrected chi connectivity index (χ3v) is 6.91. The predicted octanol–water partition coefficient (Wildman–Crippen LogP) is 4.83. The number of aliphatic carboxylic acids is 1. The number of hydrogen-bond acceptors (Lipinski definition) is 6. The van der Waals surface area contributed by atoms with Crippen molar-refractivity contribution in [3.63, 3.8) is 0 Å². The van der Waals surface area contributed by atoms with Gasteiger partial charge in [-0.2, -0.15) is 0 Å². The van der Waals surface area contributed by atoms with Gasteiger partial charge in [0.05, 0.1) is 0 Å². The molecule has 3 N–H and O–H groups in total. The number of nitrogens with one attached hydrogen (secondary N) is 2. The van der Waals surface area contributed by atoms with Crippen molar-refractivity contribution in [3.05, 3.63) is 95.6 Å². The number of carbonyl (C=O) groups excluding carboxylic acids is 3. The van der Waals surface area contributed by atoms with Crippen molar-refractivity contribution in [2.24, 2.45) is 0 Å². The predicted molar refractivity (Wildman–Crippen MR) is 157 cm³/mol. The maximum absolute atomic E-state index is 13.3. The van der Waals surface area contributed by atoms with Crippen molar-refractivity contribution in [2.45, 2.75) is 63.6 Å². The number of hydrogen-bond donors (Lipinski definition) is 3. The van der Waals surface area contributed by atoms with Crippen LogP contribution in [0.15, 0.2) is 78.9 Å². The maximum Gasteiger partial charge on any atom is 0.407 e. The van der Waals surface area contributed by atoms with Crippen molar-refractivity contribution < 1.29 is 33.8 Å². The SMILES string of the molecule is CC(C)(C)OC(=O)CC[C@H](NC(=O)OCC1c2ccccc2-c2ccccc21)C(=O)N[C@@H](Cc1ccccc1)C(=O)O.